The fraction of sp³-hybridized carbons (Fsp3) is 0.308. The van der Waals surface area contributed by atoms with Gasteiger partial charge in [0, 0.05) is 11.1 Å². The Morgan fingerprint density at radius 1 is 1.26 bits per heavy atom. The van der Waals surface area contributed by atoms with Crippen LogP contribution in [0, 0.1) is 5.41 Å². The average Bonchev–Trinajstić information content (AvgIpc) is 2.27. The van der Waals surface area contributed by atoms with E-state index in [2.05, 4.69) is 10.6 Å². The Labute approximate surface area is 117 Å². The lowest BCUT2D eigenvalue weighted by molar-refractivity contribution is -0.255. The summed E-state index contributed by atoms with van der Waals surface area (Å²) in [4.78, 5) is 22.4. The van der Waals surface area contributed by atoms with Gasteiger partial charge in [0.1, 0.15) is 0 Å². The van der Waals surface area contributed by atoms with E-state index in [1.165, 1.54) is 12.1 Å². The number of rotatable bonds is 2. The Balaban J connectivity index is 2.70. The summed E-state index contributed by atoms with van der Waals surface area (Å²) in [7, 11) is 0. The van der Waals surface area contributed by atoms with Gasteiger partial charge in [0.2, 0.25) is 5.91 Å². The molecule has 1 aromatic carbocycles. The van der Waals surface area contributed by atoms with Crippen LogP contribution in [0.5, 0.6) is 0 Å². The first-order chi connectivity index (χ1) is 8.70. The molecule has 0 saturated carbocycles. The summed E-state index contributed by atoms with van der Waals surface area (Å²) >= 11 is 4.98. The van der Waals surface area contributed by atoms with Crippen molar-refractivity contribution in [1.29, 1.82) is 0 Å². The highest BCUT2D eigenvalue weighted by Gasteiger charge is 2.21. The van der Waals surface area contributed by atoms with Crippen LogP contribution in [0.2, 0.25) is 0 Å². The molecule has 0 aromatic heterocycles. The van der Waals surface area contributed by atoms with E-state index in [9.17, 15) is 14.7 Å². The molecule has 2 N–H and O–H groups in total. The highest BCUT2D eigenvalue weighted by molar-refractivity contribution is 7.80. The molecule has 0 spiro atoms. The smallest absolute Gasteiger partial charge is 0.231 e. The number of carboxylic acid groups (broad SMARTS) is 1. The van der Waals surface area contributed by atoms with Crippen molar-refractivity contribution in [2.75, 3.05) is 5.32 Å². The van der Waals surface area contributed by atoms with Crippen molar-refractivity contribution in [3.05, 3.63) is 29.8 Å². The van der Waals surface area contributed by atoms with Crippen LogP contribution >= 0.6 is 12.2 Å². The first kappa shape index (κ1) is 15.1. The number of benzene rings is 1. The minimum absolute atomic E-state index is 0.0370. The quantitative estimate of drug-likeness (QED) is 0.786. The molecule has 0 aliphatic carbocycles. The van der Waals surface area contributed by atoms with E-state index in [-0.39, 0.29) is 16.6 Å². The molecule has 1 rings (SSSR count). The van der Waals surface area contributed by atoms with E-state index in [0.29, 0.717) is 5.69 Å². The van der Waals surface area contributed by atoms with Crippen LogP contribution < -0.4 is 15.7 Å². The van der Waals surface area contributed by atoms with E-state index < -0.39 is 11.4 Å². The van der Waals surface area contributed by atoms with Crippen LogP contribution in [0.4, 0.5) is 5.69 Å². The normalized spacial score (nSPS) is 10.7. The molecular formula is C13H15N2O3S-. The molecule has 0 atom stereocenters. The van der Waals surface area contributed by atoms with Crippen LogP contribution in [0.15, 0.2) is 24.3 Å². The molecule has 1 amide bonds. The summed E-state index contributed by atoms with van der Waals surface area (Å²) in [5, 5.41) is 16.1. The maximum absolute atomic E-state index is 11.7. The largest absolute Gasteiger partial charge is 0.545 e. The number of amides is 1. The van der Waals surface area contributed by atoms with Crippen molar-refractivity contribution in [3.63, 3.8) is 0 Å². The van der Waals surface area contributed by atoms with Gasteiger partial charge in [-0.2, -0.15) is 0 Å². The molecule has 0 aliphatic rings. The Bertz CT molecular complexity index is 521. The summed E-state index contributed by atoms with van der Waals surface area (Å²) in [5.74, 6) is -1.49. The minimum atomic E-state index is -1.27. The summed E-state index contributed by atoms with van der Waals surface area (Å²) in [6, 6.07) is 5.99. The number of carbonyl (C=O) groups is 2. The maximum atomic E-state index is 11.7. The molecule has 102 valence electrons. The van der Waals surface area contributed by atoms with Gasteiger partial charge in [-0.25, -0.2) is 0 Å². The molecular weight excluding hydrogens is 264 g/mol. The summed E-state index contributed by atoms with van der Waals surface area (Å²) in [5.41, 5.74) is -0.0469. The summed E-state index contributed by atoms with van der Waals surface area (Å²) in [6.45, 7) is 5.30. The molecule has 0 bridgehead atoms. The Hall–Kier alpha value is -1.95. The predicted octanol–water partition coefficient (Wildman–Crippen LogP) is 0.909. The van der Waals surface area contributed by atoms with Gasteiger partial charge in [-0.05, 0) is 29.9 Å². The van der Waals surface area contributed by atoms with Crippen LogP contribution in [0.3, 0.4) is 0 Å². The third kappa shape index (κ3) is 4.67. The molecule has 0 fully saturated rings. The van der Waals surface area contributed by atoms with E-state index in [4.69, 9.17) is 12.2 Å². The predicted molar refractivity (Wildman–Crippen MR) is 74.6 cm³/mol. The lowest BCUT2D eigenvalue weighted by Crippen LogP contribution is -2.41. The third-order valence-corrected chi connectivity index (χ3v) is 2.47. The highest BCUT2D eigenvalue weighted by atomic mass is 32.1. The first-order valence-electron chi connectivity index (χ1n) is 5.64. The number of hydrogen-bond donors (Lipinski definition) is 2. The molecule has 0 saturated heterocycles. The lowest BCUT2D eigenvalue weighted by atomic mass is 9.96. The van der Waals surface area contributed by atoms with Crippen molar-refractivity contribution in [1.82, 2.24) is 5.32 Å². The van der Waals surface area contributed by atoms with Gasteiger partial charge in [-0.1, -0.05) is 32.9 Å². The maximum Gasteiger partial charge on any atom is 0.231 e. The zero-order valence-corrected chi connectivity index (χ0v) is 11.8. The van der Waals surface area contributed by atoms with E-state index in [1.54, 1.807) is 32.9 Å². The minimum Gasteiger partial charge on any atom is -0.545 e. The number of aromatic carboxylic acids is 1. The summed E-state index contributed by atoms with van der Waals surface area (Å²) in [6.07, 6.45) is 0. The van der Waals surface area contributed by atoms with Crippen LogP contribution in [0.1, 0.15) is 31.1 Å². The molecule has 5 nitrogen and oxygen atoms in total. The average molecular weight is 279 g/mol. The summed E-state index contributed by atoms with van der Waals surface area (Å²) < 4.78 is 0. The zero-order valence-electron chi connectivity index (χ0n) is 10.9. The van der Waals surface area contributed by atoms with Gasteiger partial charge in [-0.3, -0.25) is 4.79 Å². The van der Waals surface area contributed by atoms with Crippen LogP contribution in [0.25, 0.3) is 0 Å². The SMILES string of the molecule is CC(C)(C)C(=O)NC(=S)Nc1cccc(C(=O)[O-])c1. The van der Waals surface area contributed by atoms with E-state index in [1.807, 2.05) is 0 Å². The molecule has 1 aromatic rings. The van der Waals surface area contributed by atoms with Crippen molar-refractivity contribution in [2.45, 2.75) is 20.8 Å². The Morgan fingerprint density at radius 2 is 1.89 bits per heavy atom. The van der Waals surface area contributed by atoms with Gasteiger partial charge in [-0.15, -0.1) is 0 Å². The van der Waals surface area contributed by atoms with Crippen molar-refractivity contribution < 1.29 is 14.7 Å². The first-order valence-corrected chi connectivity index (χ1v) is 6.05. The topological polar surface area (TPSA) is 81.3 Å². The molecule has 0 aliphatic heterocycles. The molecule has 19 heavy (non-hydrogen) atoms. The van der Waals surface area contributed by atoms with Crippen molar-refractivity contribution >= 4 is 34.9 Å². The highest BCUT2D eigenvalue weighted by Crippen LogP contribution is 2.13. The molecule has 0 radical (unpaired) electrons. The van der Waals surface area contributed by atoms with Crippen LogP contribution in [-0.2, 0) is 4.79 Å². The van der Waals surface area contributed by atoms with Crippen molar-refractivity contribution in [2.24, 2.45) is 5.41 Å². The molecule has 6 heteroatoms. The molecule has 0 heterocycles. The van der Waals surface area contributed by atoms with E-state index >= 15 is 0 Å². The number of anilines is 1. The van der Waals surface area contributed by atoms with Crippen LogP contribution in [-0.4, -0.2) is 17.0 Å². The molecule has 0 unspecified atom stereocenters. The number of carbonyl (C=O) groups excluding carboxylic acids is 2. The van der Waals surface area contributed by atoms with Gasteiger partial charge in [0.25, 0.3) is 0 Å². The van der Waals surface area contributed by atoms with E-state index in [0.717, 1.165) is 0 Å². The zero-order chi connectivity index (χ0) is 14.6. The second kappa shape index (κ2) is 5.79. The number of nitrogens with one attached hydrogen (secondary N) is 2. The fourth-order valence-electron chi connectivity index (χ4n) is 1.18. The number of carboxylic acids is 1. The standard InChI is InChI=1S/C13H16N2O3S/c1-13(2,3)11(18)15-12(19)14-9-6-4-5-8(7-9)10(16)17/h4-7H,1-3H3,(H,16,17)(H2,14,15,18,19)/p-1. The van der Waals surface area contributed by atoms with Crippen molar-refractivity contribution in [3.8, 4) is 0 Å². The van der Waals surface area contributed by atoms with Gasteiger partial charge >= 0.3 is 0 Å². The number of thiocarbonyl (C=S) groups is 1. The fourth-order valence-corrected chi connectivity index (χ4v) is 1.39. The van der Waals surface area contributed by atoms with Gasteiger partial charge in [0.05, 0.1) is 5.97 Å². The van der Waals surface area contributed by atoms with Gasteiger partial charge in [0.15, 0.2) is 5.11 Å². The third-order valence-electron chi connectivity index (χ3n) is 2.26. The number of hydrogen-bond acceptors (Lipinski definition) is 4. The Kier molecular flexibility index (Phi) is 4.61. The second-order valence-corrected chi connectivity index (χ2v) is 5.43. The monoisotopic (exact) mass is 279 g/mol. The Morgan fingerprint density at radius 3 is 2.42 bits per heavy atom. The lowest BCUT2D eigenvalue weighted by Gasteiger charge is -2.18. The second-order valence-electron chi connectivity index (χ2n) is 5.03. The van der Waals surface area contributed by atoms with Gasteiger partial charge < -0.3 is 20.5 Å².